The monoisotopic (exact) mass is 312 g/mol. The molecule has 1 heterocycles. The van der Waals surface area contributed by atoms with Gasteiger partial charge in [0.2, 0.25) is 0 Å². The van der Waals surface area contributed by atoms with Crippen LogP contribution in [-0.2, 0) is 6.54 Å². The third-order valence-electron chi connectivity index (χ3n) is 3.49. The van der Waals surface area contributed by atoms with Gasteiger partial charge in [0.25, 0.3) is 0 Å². The van der Waals surface area contributed by atoms with Gasteiger partial charge in [0.15, 0.2) is 0 Å². The van der Waals surface area contributed by atoms with E-state index >= 15 is 0 Å². The quantitative estimate of drug-likeness (QED) is 0.898. The lowest BCUT2D eigenvalue weighted by Gasteiger charge is -2.36. The average Bonchev–Trinajstić information content (AvgIpc) is 2.35. The summed E-state index contributed by atoms with van der Waals surface area (Å²) in [4.78, 5) is 2.42. The lowest BCUT2D eigenvalue weighted by atomic mass is 10.1. The summed E-state index contributed by atoms with van der Waals surface area (Å²) in [5.41, 5.74) is 2.43. The standard InChI is InChI=1S/C16H25ClN2S/c1-11(2)18-8-14-5-6-16(15(17)7-14)19-9-12(3)20-13(4)10-19/h5-7,11-13,18H,8-10H2,1-4H3. The predicted molar refractivity (Wildman–Crippen MR) is 92.2 cm³/mol. The molecule has 1 aliphatic heterocycles. The van der Waals surface area contributed by atoms with E-state index in [1.165, 1.54) is 11.3 Å². The predicted octanol–water partition coefficient (Wildman–Crippen LogP) is 4.17. The van der Waals surface area contributed by atoms with Crippen molar-refractivity contribution in [2.24, 2.45) is 0 Å². The zero-order valence-corrected chi connectivity index (χ0v) is 14.4. The molecular weight excluding hydrogens is 288 g/mol. The molecule has 4 heteroatoms. The van der Waals surface area contributed by atoms with E-state index in [9.17, 15) is 0 Å². The summed E-state index contributed by atoms with van der Waals surface area (Å²) < 4.78 is 0. The van der Waals surface area contributed by atoms with Crippen molar-refractivity contribution in [2.45, 2.75) is 50.8 Å². The molecule has 20 heavy (non-hydrogen) atoms. The van der Waals surface area contributed by atoms with Gasteiger partial charge in [-0.1, -0.05) is 45.4 Å². The Bertz CT molecular complexity index is 440. The molecule has 0 bridgehead atoms. The van der Waals surface area contributed by atoms with Crippen molar-refractivity contribution < 1.29 is 0 Å². The molecule has 1 N–H and O–H groups in total. The fourth-order valence-electron chi connectivity index (χ4n) is 2.61. The van der Waals surface area contributed by atoms with Crippen LogP contribution in [0.3, 0.4) is 0 Å². The van der Waals surface area contributed by atoms with Gasteiger partial charge in [-0.05, 0) is 17.7 Å². The fraction of sp³-hybridized carbons (Fsp3) is 0.625. The third-order valence-corrected chi connectivity index (χ3v) is 5.02. The van der Waals surface area contributed by atoms with Crippen LogP contribution in [0.1, 0.15) is 33.3 Å². The summed E-state index contributed by atoms with van der Waals surface area (Å²) in [6.45, 7) is 11.9. The molecule has 1 aromatic rings. The molecular formula is C16H25ClN2S. The van der Waals surface area contributed by atoms with Gasteiger partial charge in [0.05, 0.1) is 10.7 Å². The minimum atomic E-state index is 0.495. The fourth-order valence-corrected chi connectivity index (χ4v) is 4.26. The second-order valence-electron chi connectivity index (χ2n) is 5.98. The van der Waals surface area contributed by atoms with Crippen molar-refractivity contribution in [3.63, 3.8) is 0 Å². The minimum absolute atomic E-state index is 0.495. The Kier molecular flexibility index (Phi) is 5.65. The van der Waals surface area contributed by atoms with Crippen LogP contribution in [0.5, 0.6) is 0 Å². The second kappa shape index (κ2) is 7.06. The van der Waals surface area contributed by atoms with Crippen LogP contribution in [-0.4, -0.2) is 29.6 Å². The molecule has 2 rings (SSSR count). The van der Waals surface area contributed by atoms with E-state index in [-0.39, 0.29) is 0 Å². The molecule has 1 aromatic carbocycles. The van der Waals surface area contributed by atoms with Gasteiger partial charge in [-0.15, -0.1) is 0 Å². The van der Waals surface area contributed by atoms with Gasteiger partial charge in [-0.2, -0.15) is 11.8 Å². The number of thioether (sulfide) groups is 1. The summed E-state index contributed by atoms with van der Waals surface area (Å²) in [6, 6.07) is 6.96. The Balaban J connectivity index is 2.09. The largest absolute Gasteiger partial charge is 0.368 e. The third kappa shape index (κ3) is 4.31. The van der Waals surface area contributed by atoms with Crippen molar-refractivity contribution >= 4 is 29.1 Å². The van der Waals surface area contributed by atoms with E-state index in [2.05, 4.69) is 67.9 Å². The highest BCUT2D eigenvalue weighted by molar-refractivity contribution is 8.00. The molecule has 2 atom stereocenters. The Labute approximate surface area is 132 Å². The topological polar surface area (TPSA) is 15.3 Å². The molecule has 0 aliphatic carbocycles. The first-order valence-corrected chi connectivity index (χ1v) is 8.70. The van der Waals surface area contributed by atoms with Gasteiger partial charge in [0, 0.05) is 36.2 Å². The molecule has 2 nitrogen and oxygen atoms in total. The Morgan fingerprint density at radius 1 is 1.30 bits per heavy atom. The highest BCUT2D eigenvalue weighted by atomic mass is 35.5. The first-order chi connectivity index (χ1) is 9.45. The Morgan fingerprint density at radius 2 is 1.95 bits per heavy atom. The Morgan fingerprint density at radius 3 is 2.50 bits per heavy atom. The maximum atomic E-state index is 6.50. The number of nitrogens with zero attached hydrogens (tertiary/aromatic N) is 1. The molecule has 0 spiro atoms. The molecule has 0 radical (unpaired) electrons. The molecule has 0 amide bonds. The van der Waals surface area contributed by atoms with Crippen LogP contribution >= 0.6 is 23.4 Å². The normalized spacial score (nSPS) is 23.4. The number of hydrogen-bond acceptors (Lipinski definition) is 3. The van der Waals surface area contributed by atoms with Crippen molar-refractivity contribution in [2.75, 3.05) is 18.0 Å². The Hall–Kier alpha value is -0.380. The van der Waals surface area contributed by atoms with Crippen LogP contribution < -0.4 is 10.2 Å². The van der Waals surface area contributed by atoms with Gasteiger partial charge in [-0.25, -0.2) is 0 Å². The van der Waals surface area contributed by atoms with Gasteiger partial charge in [-0.3, -0.25) is 0 Å². The average molecular weight is 313 g/mol. The van der Waals surface area contributed by atoms with E-state index in [1.807, 2.05) is 0 Å². The van der Waals surface area contributed by atoms with Crippen molar-refractivity contribution in [1.82, 2.24) is 5.32 Å². The van der Waals surface area contributed by atoms with Crippen molar-refractivity contribution in [3.8, 4) is 0 Å². The number of nitrogens with one attached hydrogen (secondary N) is 1. The summed E-state index contributed by atoms with van der Waals surface area (Å²) in [5, 5.41) is 5.63. The van der Waals surface area contributed by atoms with Crippen molar-refractivity contribution in [3.05, 3.63) is 28.8 Å². The van der Waals surface area contributed by atoms with Crippen LogP contribution in [0.15, 0.2) is 18.2 Å². The van der Waals surface area contributed by atoms with Crippen LogP contribution in [0.2, 0.25) is 5.02 Å². The summed E-state index contributed by atoms with van der Waals surface area (Å²) in [6.07, 6.45) is 0. The van der Waals surface area contributed by atoms with Crippen LogP contribution in [0.4, 0.5) is 5.69 Å². The molecule has 1 saturated heterocycles. The molecule has 2 unspecified atom stereocenters. The van der Waals surface area contributed by atoms with E-state index in [0.717, 1.165) is 24.7 Å². The summed E-state index contributed by atoms with van der Waals surface area (Å²) >= 11 is 8.56. The smallest absolute Gasteiger partial charge is 0.0642 e. The number of hydrogen-bond donors (Lipinski definition) is 1. The first kappa shape index (κ1) is 16.0. The SMILES string of the molecule is CC(C)NCc1ccc(N2CC(C)SC(C)C2)c(Cl)c1. The van der Waals surface area contributed by atoms with E-state index in [1.54, 1.807) is 0 Å². The summed E-state index contributed by atoms with van der Waals surface area (Å²) in [7, 11) is 0. The molecule has 0 aromatic heterocycles. The van der Waals surface area contributed by atoms with Gasteiger partial charge >= 0.3 is 0 Å². The van der Waals surface area contributed by atoms with Crippen LogP contribution in [0.25, 0.3) is 0 Å². The van der Waals surface area contributed by atoms with Crippen molar-refractivity contribution in [1.29, 1.82) is 0 Å². The number of anilines is 1. The van der Waals surface area contributed by atoms with Gasteiger partial charge < -0.3 is 10.2 Å². The maximum absolute atomic E-state index is 6.50. The molecule has 1 aliphatic rings. The minimum Gasteiger partial charge on any atom is -0.368 e. The molecule has 112 valence electrons. The highest BCUT2D eigenvalue weighted by Crippen LogP contribution is 2.33. The lowest BCUT2D eigenvalue weighted by Crippen LogP contribution is -2.40. The van der Waals surface area contributed by atoms with E-state index in [0.29, 0.717) is 16.5 Å². The zero-order chi connectivity index (χ0) is 14.7. The molecule has 0 saturated carbocycles. The number of benzene rings is 1. The van der Waals surface area contributed by atoms with Crippen LogP contribution in [0, 0.1) is 0 Å². The molecule has 1 fully saturated rings. The lowest BCUT2D eigenvalue weighted by molar-refractivity contribution is 0.589. The first-order valence-electron chi connectivity index (χ1n) is 7.38. The highest BCUT2D eigenvalue weighted by Gasteiger charge is 2.23. The number of halogens is 1. The van der Waals surface area contributed by atoms with E-state index < -0.39 is 0 Å². The van der Waals surface area contributed by atoms with E-state index in [4.69, 9.17) is 11.6 Å². The zero-order valence-electron chi connectivity index (χ0n) is 12.8. The maximum Gasteiger partial charge on any atom is 0.0642 e. The van der Waals surface area contributed by atoms with Gasteiger partial charge in [0.1, 0.15) is 0 Å². The number of rotatable bonds is 4. The second-order valence-corrected chi connectivity index (χ2v) is 8.27. The summed E-state index contributed by atoms with van der Waals surface area (Å²) in [5.74, 6) is 0.